The van der Waals surface area contributed by atoms with Gasteiger partial charge in [0.25, 0.3) is 0 Å². The number of rotatable bonds is 9. The predicted octanol–water partition coefficient (Wildman–Crippen LogP) is 23.3. The molecule has 4 nitrogen and oxygen atoms in total. The summed E-state index contributed by atoms with van der Waals surface area (Å²) in [5, 5.41) is 4.46. The van der Waals surface area contributed by atoms with Crippen LogP contribution in [0.15, 0.2) is 251 Å². The van der Waals surface area contributed by atoms with Crippen LogP contribution >= 0.6 is 0 Å². The number of anilines is 6. The number of para-hydroxylation sites is 4. The van der Waals surface area contributed by atoms with Gasteiger partial charge in [-0.3, -0.25) is 0 Å². The van der Waals surface area contributed by atoms with Crippen molar-refractivity contribution in [3.05, 3.63) is 287 Å². The minimum absolute atomic E-state index is 0.179. The van der Waals surface area contributed by atoms with Crippen molar-refractivity contribution in [3.8, 4) is 55.6 Å². The largest absolute Gasteiger partial charge is 0.456 e. The Balaban J connectivity index is 0.839. The van der Waals surface area contributed by atoms with Gasteiger partial charge in [0, 0.05) is 66.3 Å². The minimum atomic E-state index is -0.179. The third-order valence-electron chi connectivity index (χ3n) is 19.2. The standard InChI is InChI=1S/C82H64N2O2/c1-49-19-17-25-59(55-33-41-77-67(45-55)65-23-11-15-29-75(65)85-77)79(49)83(57-35-37-63-61-21-9-13-27-69(61)81(5,6)71(63)47-57)73-39-31-53(43-51(73)3)54-32-40-74(52(4)44-54)84(58-36-38-64-62-22-10-14-28-70(62)82(7,8)72(64)48-58)80-50(2)20-18-26-60(80)56-34-42-78-68(46-56)66-24-12-16-30-76(66)86-78/h9-48H,1-8H3. The number of hydrogen-bond donors (Lipinski definition) is 0. The van der Waals surface area contributed by atoms with Crippen LogP contribution in [0.5, 0.6) is 0 Å². The van der Waals surface area contributed by atoms with Crippen LogP contribution in [0, 0.1) is 27.7 Å². The molecule has 4 heteroatoms. The van der Waals surface area contributed by atoms with Crippen LogP contribution < -0.4 is 9.80 Å². The average Bonchev–Trinajstić information content (AvgIpc) is 1.73. The first kappa shape index (κ1) is 51.5. The number of nitrogens with zero attached hydrogens (tertiary/aromatic N) is 2. The summed E-state index contributed by atoms with van der Waals surface area (Å²) in [6.07, 6.45) is 0. The monoisotopic (exact) mass is 1110 g/mol. The first-order valence-corrected chi connectivity index (χ1v) is 30.1. The first-order chi connectivity index (χ1) is 41.8. The Morgan fingerprint density at radius 1 is 0.267 bits per heavy atom. The van der Waals surface area contributed by atoms with Gasteiger partial charge in [0.2, 0.25) is 0 Å². The molecule has 12 aromatic carbocycles. The minimum Gasteiger partial charge on any atom is -0.456 e. The molecule has 414 valence electrons. The van der Waals surface area contributed by atoms with E-state index in [2.05, 4.69) is 296 Å². The summed E-state index contributed by atoms with van der Waals surface area (Å²) in [5.74, 6) is 0. The zero-order chi connectivity index (χ0) is 58.3. The SMILES string of the molecule is Cc1cc(-c2ccc(N(c3ccc4c(c3)C(C)(C)c3ccccc3-4)c3c(C)cccc3-c3ccc4oc5ccccc5c4c3)c(C)c2)ccc1N(c1ccc2c(c1)C(C)(C)c1ccccc1-2)c1c(C)cccc1-c1ccc2oc3ccccc3c2c1. The highest BCUT2D eigenvalue weighted by Crippen LogP contribution is 2.55. The Hall–Kier alpha value is -10.2. The number of benzene rings is 12. The maximum absolute atomic E-state index is 6.36. The Morgan fingerprint density at radius 2 is 0.640 bits per heavy atom. The molecule has 0 unspecified atom stereocenters. The Morgan fingerprint density at radius 3 is 1.08 bits per heavy atom. The summed E-state index contributed by atoms with van der Waals surface area (Å²) in [6.45, 7) is 18.6. The van der Waals surface area contributed by atoms with E-state index >= 15 is 0 Å². The summed E-state index contributed by atoms with van der Waals surface area (Å²) >= 11 is 0. The lowest BCUT2D eigenvalue weighted by Gasteiger charge is -2.32. The van der Waals surface area contributed by atoms with Crippen molar-refractivity contribution in [2.45, 2.75) is 66.2 Å². The van der Waals surface area contributed by atoms with Crippen molar-refractivity contribution in [2.24, 2.45) is 0 Å². The van der Waals surface area contributed by atoms with Gasteiger partial charge < -0.3 is 18.6 Å². The summed E-state index contributed by atoms with van der Waals surface area (Å²) < 4.78 is 12.7. The van der Waals surface area contributed by atoms with Gasteiger partial charge in [-0.25, -0.2) is 0 Å². The number of aryl methyl sites for hydroxylation is 4. The molecule has 0 amide bonds. The first-order valence-electron chi connectivity index (χ1n) is 30.1. The maximum atomic E-state index is 6.36. The molecule has 86 heavy (non-hydrogen) atoms. The van der Waals surface area contributed by atoms with E-state index in [1.54, 1.807) is 0 Å². The molecule has 2 heterocycles. The topological polar surface area (TPSA) is 32.8 Å². The van der Waals surface area contributed by atoms with E-state index in [1.165, 1.54) is 66.8 Å². The summed E-state index contributed by atoms with van der Waals surface area (Å²) in [6, 6.07) is 89.8. The van der Waals surface area contributed by atoms with Gasteiger partial charge >= 0.3 is 0 Å². The summed E-state index contributed by atoms with van der Waals surface area (Å²) in [7, 11) is 0. The molecule has 0 atom stereocenters. The van der Waals surface area contributed by atoms with Gasteiger partial charge in [0.15, 0.2) is 0 Å². The van der Waals surface area contributed by atoms with Crippen LogP contribution in [-0.4, -0.2) is 0 Å². The lowest BCUT2D eigenvalue weighted by molar-refractivity contribution is 0.660. The highest BCUT2D eigenvalue weighted by molar-refractivity contribution is 6.09. The van der Waals surface area contributed by atoms with Gasteiger partial charge in [-0.2, -0.15) is 0 Å². The molecule has 2 aliphatic carbocycles. The van der Waals surface area contributed by atoms with Crippen molar-refractivity contribution in [1.29, 1.82) is 0 Å². The van der Waals surface area contributed by atoms with E-state index in [4.69, 9.17) is 8.83 Å². The molecule has 0 radical (unpaired) electrons. The number of furan rings is 2. The van der Waals surface area contributed by atoms with E-state index in [1.807, 2.05) is 12.1 Å². The zero-order valence-corrected chi connectivity index (χ0v) is 49.8. The molecule has 0 spiro atoms. The van der Waals surface area contributed by atoms with Gasteiger partial charge in [0.05, 0.1) is 11.4 Å². The molecule has 0 saturated heterocycles. The quantitative estimate of drug-likeness (QED) is 0.144. The fraction of sp³-hybridized carbons (Fsp3) is 0.122. The van der Waals surface area contributed by atoms with Gasteiger partial charge in [-0.15, -0.1) is 0 Å². The molecule has 0 saturated carbocycles. The van der Waals surface area contributed by atoms with Crippen molar-refractivity contribution >= 4 is 78.0 Å². The van der Waals surface area contributed by atoms with E-state index in [0.717, 1.165) is 111 Å². The van der Waals surface area contributed by atoms with Crippen molar-refractivity contribution in [2.75, 3.05) is 9.80 Å². The molecule has 2 aliphatic rings. The zero-order valence-electron chi connectivity index (χ0n) is 49.8. The molecule has 0 bridgehead atoms. The van der Waals surface area contributed by atoms with Crippen molar-refractivity contribution < 1.29 is 8.83 Å². The molecule has 16 rings (SSSR count). The fourth-order valence-corrected chi connectivity index (χ4v) is 14.8. The number of fused-ring (bicyclic) bond motifs is 12. The smallest absolute Gasteiger partial charge is 0.135 e. The Kier molecular flexibility index (Phi) is 11.5. The van der Waals surface area contributed by atoms with E-state index in [9.17, 15) is 0 Å². The predicted molar refractivity (Wildman–Crippen MR) is 361 cm³/mol. The van der Waals surface area contributed by atoms with E-state index in [0.29, 0.717) is 0 Å². The second kappa shape index (κ2) is 19.2. The molecule has 2 aromatic heterocycles. The van der Waals surface area contributed by atoms with Crippen LogP contribution in [0.2, 0.25) is 0 Å². The van der Waals surface area contributed by atoms with E-state index < -0.39 is 0 Å². The Bertz CT molecular complexity index is 4820. The van der Waals surface area contributed by atoms with Crippen LogP contribution in [0.4, 0.5) is 34.1 Å². The lowest BCUT2D eigenvalue weighted by Crippen LogP contribution is -2.18. The van der Waals surface area contributed by atoms with Crippen LogP contribution in [0.1, 0.15) is 72.2 Å². The number of hydrogen-bond acceptors (Lipinski definition) is 4. The highest BCUT2D eigenvalue weighted by atomic mass is 16.3. The average molecular weight is 1110 g/mol. The molecular weight excluding hydrogens is 1040 g/mol. The summed E-state index contributed by atoms with van der Waals surface area (Å²) in [5.41, 5.74) is 32.3. The van der Waals surface area contributed by atoms with Crippen molar-refractivity contribution in [3.63, 3.8) is 0 Å². The van der Waals surface area contributed by atoms with Gasteiger partial charge in [-0.1, -0.05) is 185 Å². The fourth-order valence-electron chi connectivity index (χ4n) is 14.8. The van der Waals surface area contributed by atoms with E-state index in [-0.39, 0.29) is 10.8 Å². The highest BCUT2D eigenvalue weighted by Gasteiger charge is 2.38. The molecule has 0 aliphatic heterocycles. The van der Waals surface area contributed by atoms with Gasteiger partial charge in [0.1, 0.15) is 22.3 Å². The van der Waals surface area contributed by atoms with Crippen molar-refractivity contribution in [1.82, 2.24) is 0 Å². The second-order valence-corrected chi connectivity index (χ2v) is 25.0. The third-order valence-corrected chi connectivity index (χ3v) is 19.2. The van der Waals surface area contributed by atoms with Crippen LogP contribution in [0.3, 0.4) is 0 Å². The lowest BCUT2D eigenvalue weighted by atomic mass is 9.82. The van der Waals surface area contributed by atoms with Gasteiger partial charge in [-0.05, 0) is 202 Å². The Labute approximate surface area is 502 Å². The molecule has 0 fully saturated rings. The molecule has 0 N–H and O–H groups in total. The second-order valence-electron chi connectivity index (χ2n) is 25.0. The maximum Gasteiger partial charge on any atom is 0.135 e. The molecule has 14 aromatic rings. The summed E-state index contributed by atoms with van der Waals surface area (Å²) in [4.78, 5) is 5.05. The van der Waals surface area contributed by atoms with Crippen LogP contribution in [0.25, 0.3) is 99.5 Å². The molecular formula is C82H64N2O2. The normalized spacial score (nSPS) is 13.5. The third kappa shape index (κ3) is 7.82. The van der Waals surface area contributed by atoms with Crippen LogP contribution in [-0.2, 0) is 10.8 Å².